The van der Waals surface area contributed by atoms with E-state index >= 15 is 0 Å². The highest BCUT2D eigenvalue weighted by Crippen LogP contribution is 2.38. The maximum Gasteiger partial charge on any atom is 0.266 e. The number of anilines is 1. The van der Waals surface area contributed by atoms with Crippen molar-refractivity contribution in [2.24, 2.45) is 5.92 Å². The fourth-order valence-electron chi connectivity index (χ4n) is 4.07. The molecular weight excluding hydrogens is 370 g/mol. The van der Waals surface area contributed by atoms with Gasteiger partial charge < -0.3 is 9.64 Å². The van der Waals surface area contributed by atoms with Gasteiger partial charge in [-0.15, -0.1) is 0 Å². The van der Waals surface area contributed by atoms with Gasteiger partial charge in [-0.3, -0.25) is 4.79 Å². The minimum atomic E-state index is -0.000468. The monoisotopic (exact) mass is 395 g/mol. The van der Waals surface area contributed by atoms with Gasteiger partial charge in [0.15, 0.2) is 0 Å². The summed E-state index contributed by atoms with van der Waals surface area (Å²) < 4.78 is 8.70. The Bertz CT molecular complexity index is 1060. The first-order valence-corrected chi connectivity index (χ1v) is 10.2. The van der Waals surface area contributed by atoms with Crippen LogP contribution in [0.1, 0.15) is 43.0 Å². The van der Waals surface area contributed by atoms with Crippen LogP contribution in [0.25, 0.3) is 5.78 Å². The molecule has 0 atom stereocenters. The second kappa shape index (κ2) is 7.55. The molecule has 1 aliphatic carbocycles. The van der Waals surface area contributed by atoms with E-state index in [1.165, 1.54) is 19.2 Å². The third-order valence-electron chi connectivity index (χ3n) is 5.83. The minimum absolute atomic E-state index is 0.000468. The fraction of sp³-hybridized carbons (Fsp3) is 0.550. The number of hydrogen-bond donors (Lipinski definition) is 0. The number of fused-ring (bicyclic) bond motifs is 1. The number of rotatable bonds is 6. The van der Waals surface area contributed by atoms with E-state index in [1.54, 1.807) is 22.4 Å². The van der Waals surface area contributed by atoms with Crippen LogP contribution in [0.3, 0.4) is 0 Å². The second-order valence-corrected chi connectivity index (χ2v) is 7.99. The quantitative estimate of drug-likeness (QED) is 0.626. The smallest absolute Gasteiger partial charge is 0.266 e. The lowest BCUT2D eigenvalue weighted by Gasteiger charge is -2.33. The summed E-state index contributed by atoms with van der Waals surface area (Å²) >= 11 is 0. The molecular formula is C20H25N7O2. The van der Waals surface area contributed by atoms with Crippen LogP contribution in [-0.4, -0.2) is 49.6 Å². The zero-order valence-corrected chi connectivity index (χ0v) is 16.6. The van der Waals surface area contributed by atoms with E-state index in [1.807, 2.05) is 12.1 Å². The van der Waals surface area contributed by atoms with Gasteiger partial charge in [0.25, 0.3) is 11.3 Å². The Morgan fingerprint density at radius 2 is 2.00 bits per heavy atom. The number of hydrogen-bond acceptors (Lipinski definition) is 7. The van der Waals surface area contributed by atoms with Crippen LogP contribution in [0.15, 0.2) is 29.3 Å². The molecule has 152 valence electrons. The lowest BCUT2D eigenvalue weighted by atomic mass is 9.97. The molecule has 2 fully saturated rings. The highest BCUT2D eigenvalue weighted by Gasteiger charge is 2.27. The maximum atomic E-state index is 12.2. The van der Waals surface area contributed by atoms with Crippen LogP contribution < -0.4 is 10.5 Å². The number of methoxy groups -OCH3 is 1. The Kier molecular flexibility index (Phi) is 4.75. The van der Waals surface area contributed by atoms with Crippen molar-refractivity contribution in [1.29, 1.82) is 0 Å². The van der Waals surface area contributed by atoms with Gasteiger partial charge in [-0.2, -0.15) is 19.7 Å². The van der Waals surface area contributed by atoms with Crippen molar-refractivity contribution in [3.63, 3.8) is 0 Å². The maximum absolute atomic E-state index is 12.2. The molecule has 1 aliphatic heterocycles. The normalized spacial score (nSPS) is 17.9. The number of ether oxygens (including phenoxy) is 1. The van der Waals surface area contributed by atoms with E-state index in [-0.39, 0.29) is 5.56 Å². The molecule has 0 bridgehead atoms. The van der Waals surface area contributed by atoms with Gasteiger partial charge >= 0.3 is 0 Å². The van der Waals surface area contributed by atoms with Crippen LogP contribution in [-0.2, 0) is 17.9 Å². The Balaban J connectivity index is 1.30. The molecule has 3 aromatic heterocycles. The van der Waals surface area contributed by atoms with Crippen LogP contribution in [0, 0.1) is 5.92 Å². The predicted molar refractivity (Wildman–Crippen MR) is 107 cm³/mol. The average molecular weight is 395 g/mol. The third kappa shape index (κ3) is 3.74. The molecule has 1 saturated carbocycles. The average Bonchev–Trinajstić information content (AvgIpc) is 3.47. The molecule has 2 aliphatic rings. The van der Waals surface area contributed by atoms with Crippen molar-refractivity contribution in [3.05, 3.63) is 46.3 Å². The minimum Gasteiger partial charge on any atom is -0.378 e. The largest absolute Gasteiger partial charge is 0.378 e. The van der Waals surface area contributed by atoms with Gasteiger partial charge in [0.05, 0.1) is 18.0 Å². The summed E-state index contributed by atoms with van der Waals surface area (Å²) in [4.78, 5) is 23.3. The molecule has 0 radical (unpaired) electrons. The molecule has 5 rings (SSSR count). The summed E-state index contributed by atoms with van der Waals surface area (Å²) in [5.74, 6) is 2.58. The van der Waals surface area contributed by atoms with Crippen LogP contribution in [0.5, 0.6) is 0 Å². The molecule has 9 nitrogen and oxygen atoms in total. The first-order valence-electron chi connectivity index (χ1n) is 10.2. The zero-order chi connectivity index (χ0) is 19.8. The van der Waals surface area contributed by atoms with Crippen molar-refractivity contribution < 1.29 is 4.74 Å². The molecule has 1 saturated heterocycles. The lowest BCUT2D eigenvalue weighted by molar-refractivity contribution is 0.181. The van der Waals surface area contributed by atoms with E-state index in [0.717, 1.165) is 43.1 Å². The highest BCUT2D eigenvalue weighted by atomic mass is 16.5. The molecule has 0 spiro atoms. The van der Waals surface area contributed by atoms with Crippen molar-refractivity contribution in [3.8, 4) is 0 Å². The van der Waals surface area contributed by atoms with Gasteiger partial charge in [-0.05, 0) is 37.7 Å². The molecule has 0 unspecified atom stereocenters. The second-order valence-electron chi connectivity index (χ2n) is 7.99. The van der Waals surface area contributed by atoms with E-state index in [9.17, 15) is 4.79 Å². The molecule has 9 heteroatoms. The predicted octanol–water partition coefficient (Wildman–Crippen LogP) is 1.62. The topological polar surface area (TPSA) is 90.4 Å². The Hall–Kier alpha value is -2.81. The van der Waals surface area contributed by atoms with Gasteiger partial charge in [0.2, 0.25) is 0 Å². The standard InChI is InChI=1S/C20H25N7O2/c1-29-12-16-10-18(27-20(23-16)21-13-22-27)25-8-6-14(7-9-25)11-26-19(28)5-4-17(24-26)15-2-3-15/h4-5,10,13-15H,2-3,6-9,11-12H2,1H3. The fourth-order valence-corrected chi connectivity index (χ4v) is 4.07. The Labute approximate surface area is 168 Å². The Morgan fingerprint density at radius 3 is 2.76 bits per heavy atom. The van der Waals surface area contributed by atoms with Gasteiger partial charge in [-0.1, -0.05) is 0 Å². The molecule has 4 heterocycles. The molecule has 0 aromatic carbocycles. The van der Waals surface area contributed by atoms with Crippen molar-refractivity contribution >= 4 is 11.6 Å². The summed E-state index contributed by atoms with van der Waals surface area (Å²) in [6.45, 7) is 2.93. The number of piperidine rings is 1. The molecule has 3 aromatic rings. The summed E-state index contributed by atoms with van der Waals surface area (Å²) in [7, 11) is 1.66. The number of aromatic nitrogens is 6. The van der Waals surface area contributed by atoms with E-state index in [0.29, 0.717) is 30.8 Å². The Morgan fingerprint density at radius 1 is 1.17 bits per heavy atom. The third-order valence-corrected chi connectivity index (χ3v) is 5.83. The van der Waals surface area contributed by atoms with Crippen molar-refractivity contribution in [2.45, 2.75) is 44.8 Å². The number of nitrogens with zero attached hydrogens (tertiary/aromatic N) is 7. The molecule has 29 heavy (non-hydrogen) atoms. The van der Waals surface area contributed by atoms with E-state index < -0.39 is 0 Å². The van der Waals surface area contributed by atoms with Crippen LogP contribution in [0.4, 0.5) is 5.82 Å². The highest BCUT2D eigenvalue weighted by molar-refractivity contribution is 5.47. The van der Waals surface area contributed by atoms with E-state index in [4.69, 9.17) is 4.74 Å². The summed E-state index contributed by atoms with van der Waals surface area (Å²) in [5, 5.41) is 8.95. The van der Waals surface area contributed by atoms with Crippen molar-refractivity contribution in [2.75, 3.05) is 25.1 Å². The summed E-state index contributed by atoms with van der Waals surface area (Å²) in [6.07, 6.45) is 5.91. The summed E-state index contributed by atoms with van der Waals surface area (Å²) in [5.41, 5.74) is 1.91. The van der Waals surface area contributed by atoms with Crippen LogP contribution in [0.2, 0.25) is 0 Å². The lowest BCUT2D eigenvalue weighted by Crippen LogP contribution is -2.38. The van der Waals surface area contributed by atoms with Gasteiger partial charge in [0, 0.05) is 44.8 Å². The SMILES string of the molecule is COCc1cc(N2CCC(Cn3nc(C4CC4)ccc3=O)CC2)n2ncnc2n1. The van der Waals surface area contributed by atoms with Crippen molar-refractivity contribution in [1.82, 2.24) is 29.4 Å². The van der Waals surface area contributed by atoms with E-state index in [2.05, 4.69) is 25.1 Å². The zero-order valence-electron chi connectivity index (χ0n) is 16.6. The molecule has 0 amide bonds. The van der Waals surface area contributed by atoms with Crippen LogP contribution >= 0.6 is 0 Å². The summed E-state index contributed by atoms with van der Waals surface area (Å²) in [6, 6.07) is 5.59. The van der Waals surface area contributed by atoms with Gasteiger partial charge in [0.1, 0.15) is 12.1 Å². The molecule has 0 N–H and O–H groups in total. The van der Waals surface area contributed by atoms with Gasteiger partial charge in [-0.25, -0.2) is 9.67 Å². The first-order chi connectivity index (χ1) is 14.2. The first kappa shape index (κ1) is 18.2.